The molecule has 1 rings (SSSR count). The average Bonchev–Trinajstić information content (AvgIpc) is 1.99. The van der Waals surface area contributed by atoms with E-state index in [0.29, 0.717) is 12.8 Å². The lowest BCUT2D eigenvalue weighted by Gasteiger charge is -2.48. The van der Waals surface area contributed by atoms with Gasteiger partial charge in [0.1, 0.15) is 0 Å². The molecule has 0 spiro atoms. The van der Waals surface area contributed by atoms with Gasteiger partial charge in [-0.05, 0) is 40.5 Å². The standard InChI is InChI=1S/C9H18NO3/c1-8(2)5-7(13-12)6-9(3,4)10(8)11/h7,12H,5-6H2,1-4H3. The highest BCUT2D eigenvalue weighted by atomic mass is 17.1. The highest BCUT2D eigenvalue weighted by molar-refractivity contribution is 4.96. The van der Waals surface area contributed by atoms with E-state index in [2.05, 4.69) is 4.89 Å². The Morgan fingerprint density at radius 2 is 1.62 bits per heavy atom. The van der Waals surface area contributed by atoms with Crippen LogP contribution < -0.4 is 0 Å². The number of hydrogen-bond donors (Lipinski definition) is 1. The Kier molecular flexibility index (Phi) is 2.69. The van der Waals surface area contributed by atoms with E-state index >= 15 is 0 Å². The minimum atomic E-state index is -0.463. The van der Waals surface area contributed by atoms with Gasteiger partial charge in [-0.25, -0.2) is 4.89 Å². The highest BCUT2D eigenvalue weighted by Crippen LogP contribution is 2.37. The van der Waals surface area contributed by atoms with Crippen LogP contribution in [0.3, 0.4) is 0 Å². The number of rotatable bonds is 1. The lowest BCUT2D eigenvalue weighted by molar-refractivity contribution is -0.346. The molecule has 1 fully saturated rings. The maximum atomic E-state index is 11.8. The number of hydrogen-bond acceptors (Lipinski definition) is 3. The van der Waals surface area contributed by atoms with Crippen molar-refractivity contribution in [3.05, 3.63) is 0 Å². The topological polar surface area (TPSA) is 52.6 Å². The summed E-state index contributed by atoms with van der Waals surface area (Å²) in [7, 11) is 0. The van der Waals surface area contributed by atoms with Crippen LogP contribution in [0.2, 0.25) is 0 Å². The Hall–Kier alpha value is -0.160. The first-order chi connectivity index (χ1) is 5.79. The molecule has 1 aliphatic rings. The monoisotopic (exact) mass is 188 g/mol. The predicted molar refractivity (Wildman–Crippen MR) is 47.4 cm³/mol. The van der Waals surface area contributed by atoms with Crippen LogP contribution in [0.4, 0.5) is 0 Å². The van der Waals surface area contributed by atoms with Gasteiger partial charge in [-0.1, -0.05) is 0 Å². The summed E-state index contributed by atoms with van der Waals surface area (Å²) in [6, 6.07) is 0. The molecule has 1 radical (unpaired) electrons. The van der Waals surface area contributed by atoms with E-state index in [1.165, 1.54) is 0 Å². The summed E-state index contributed by atoms with van der Waals surface area (Å²) in [6.07, 6.45) is 0.905. The molecule has 1 aliphatic heterocycles. The molecule has 77 valence electrons. The van der Waals surface area contributed by atoms with Crippen LogP contribution in [0.15, 0.2) is 0 Å². The summed E-state index contributed by atoms with van der Waals surface area (Å²) in [5, 5.41) is 21.5. The normalized spacial score (nSPS) is 29.1. The predicted octanol–water partition coefficient (Wildman–Crippen LogP) is 1.84. The van der Waals surface area contributed by atoms with Crippen molar-refractivity contribution in [1.29, 1.82) is 0 Å². The average molecular weight is 188 g/mol. The Morgan fingerprint density at radius 3 is 1.92 bits per heavy atom. The van der Waals surface area contributed by atoms with Crippen LogP contribution in [0.1, 0.15) is 40.5 Å². The second-order valence-electron chi connectivity index (χ2n) is 5.05. The summed E-state index contributed by atoms with van der Waals surface area (Å²) in [5.41, 5.74) is -0.926. The Morgan fingerprint density at radius 1 is 1.23 bits per heavy atom. The van der Waals surface area contributed by atoms with Crippen molar-refractivity contribution in [2.24, 2.45) is 0 Å². The van der Waals surface area contributed by atoms with Crippen LogP contribution in [0, 0.1) is 0 Å². The lowest BCUT2D eigenvalue weighted by atomic mass is 9.80. The van der Waals surface area contributed by atoms with Gasteiger partial charge in [0, 0.05) is 11.1 Å². The molecule has 0 unspecified atom stereocenters. The quantitative estimate of drug-likeness (QED) is 0.504. The van der Waals surface area contributed by atoms with Gasteiger partial charge in [-0.3, -0.25) is 5.26 Å². The summed E-state index contributed by atoms with van der Waals surface area (Å²) in [6.45, 7) is 7.47. The molecule has 4 heteroatoms. The molecule has 1 heterocycles. The first-order valence-corrected chi connectivity index (χ1v) is 4.57. The number of nitrogens with zero attached hydrogens (tertiary/aromatic N) is 1. The van der Waals surface area contributed by atoms with Crippen LogP contribution in [0.25, 0.3) is 0 Å². The lowest BCUT2D eigenvalue weighted by Crippen LogP contribution is -2.59. The fraction of sp³-hybridized carbons (Fsp3) is 1.00. The van der Waals surface area contributed by atoms with Gasteiger partial charge in [0.05, 0.1) is 6.10 Å². The molecule has 0 aromatic heterocycles. The van der Waals surface area contributed by atoms with Gasteiger partial charge >= 0.3 is 0 Å². The minimum absolute atomic E-state index is 0.227. The smallest absolute Gasteiger partial charge is 0.0964 e. The molecule has 13 heavy (non-hydrogen) atoms. The molecular weight excluding hydrogens is 170 g/mol. The third-order valence-electron chi connectivity index (χ3n) is 2.70. The molecule has 1 N–H and O–H groups in total. The van der Waals surface area contributed by atoms with Gasteiger partial charge in [-0.2, -0.15) is 0 Å². The fourth-order valence-electron chi connectivity index (χ4n) is 2.25. The van der Waals surface area contributed by atoms with Crippen molar-refractivity contribution in [2.75, 3.05) is 0 Å². The maximum Gasteiger partial charge on any atom is 0.0964 e. The van der Waals surface area contributed by atoms with E-state index in [0.717, 1.165) is 5.06 Å². The Bertz CT molecular complexity index is 173. The highest BCUT2D eigenvalue weighted by Gasteiger charge is 2.46. The maximum absolute atomic E-state index is 11.8. The molecular formula is C9H18NO3. The van der Waals surface area contributed by atoms with Crippen molar-refractivity contribution in [3.63, 3.8) is 0 Å². The summed E-state index contributed by atoms with van der Waals surface area (Å²) in [5.74, 6) is 0. The molecule has 0 aromatic rings. The second-order valence-corrected chi connectivity index (χ2v) is 5.05. The van der Waals surface area contributed by atoms with E-state index in [1.54, 1.807) is 0 Å². The van der Waals surface area contributed by atoms with Crippen LogP contribution in [0.5, 0.6) is 0 Å². The zero-order chi connectivity index (χ0) is 10.3. The summed E-state index contributed by atoms with van der Waals surface area (Å²) >= 11 is 0. The van der Waals surface area contributed by atoms with Gasteiger partial charge in [0.15, 0.2) is 0 Å². The van der Waals surface area contributed by atoms with Crippen LogP contribution >= 0.6 is 0 Å². The van der Waals surface area contributed by atoms with Crippen molar-refractivity contribution in [3.8, 4) is 0 Å². The SMILES string of the molecule is CC1(C)CC(OO)CC(C)(C)N1[O]. The summed E-state index contributed by atoms with van der Waals surface area (Å²) < 4.78 is 0. The van der Waals surface area contributed by atoms with Crippen molar-refractivity contribution < 1.29 is 15.4 Å². The molecule has 0 bridgehead atoms. The third kappa shape index (κ3) is 2.02. The van der Waals surface area contributed by atoms with E-state index < -0.39 is 11.1 Å². The Balaban J connectivity index is 2.82. The van der Waals surface area contributed by atoms with E-state index in [-0.39, 0.29) is 6.10 Å². The van der Waals surface area contributed by atoms with Gasteiger partial charge < -0.3 is 0 Å². The van der Waals surface area contributed by atoms with Crippen LogP contribution in [-0.4, -0.2) is 27.5 Å². The number of hydroxylamine groups is 2. The van der Waals surface area contributed by atoms with Gasteiger partial charge in [-0.15, -0.1) is 10.3 Å². The Labute approximate surface area is 79.0 Å². The fourth-order valence-corrected chi connectivity index (χ4v) is 2.25. The minimum Gasteiger partial charge on any atom is -0.252 e. The van der Waals surface area contributed by atoms with Gasteiger partial charge in [0.2, 0.25) is 0 Å². The van der Waals surface area contributed by atoms with Gasteiger partial charge in [0.25, 0.3) is 0 Å². The second kappa shape index (κ2) is 3.20. The van der Waals surface area contributed by atoms with Crippen molar-refractivity contribution in [1.82, 2.24) is 5.06 Å². The zero-order valence-corrected chi connectivity index (χ0v) is 8.70. The third-order valence-corrected chi connectivity index (χ3v) is 2.70. The molecule has 0 atom stereocenters. The molecule has 0 aromatic carbocycles. The van der Waals surface area contributed by atoms with Crippen LogP contribution in [-0.2, 0) is 10.1 Å². The van der Waals surface area contributed by atoms with E-state index in [4.69, 9.17) is 5.26 Å². The zero-order valence-electron chi connectivity index (χ0n) is 8.70. The summed E-state index contributed by atoms with van der Waals surface area (Å²) in [4.78, 5) is 4.35. The molecule has 0 aliphatic carbocycles. The van der Waals surface area contributed by atoms with Crippen molar-refractivity contribution in [2.45, 2.75) is 57.7 Å². The van der Waals surface area contributed by atoms with E-state index in [9.17, 15) is 5.21 Å². The molecule has 0 amide bonds. The van der Waals surface area contributed by atoms with E-state index in [1.807, 2.05) is 27.7 Å². The van der Waals surface area contributed by atoms with Crippen molar-refractivity contribution >= 4 is 0 Å². The molecule has 1 saturated heterocycles. The number of piperidine rings is 1. The first kappa shape index (κ1) is 10.9. The molecule has 0 saturated carbocycles. The molecule has 4 nitrogen and oxygen atoms in total. The largest absolute Gasteiger partial charge is 0.252 e. The first-order valence-electron chi connectivity index (χ1n) is 4.57.